The van der Waals surface area contributed by atoms with Crippen molar-refractivity contribution >= 4 is 5.82 Å². The topological polar surface area (TPSA) is 29.9 Å². The molecule has 0 spiro atoms. The summed E-state index contributed by atoms with van der Waals surface area (Å²) in [4.78, 5) is 0. The average Bonchev–Trinajstić information content (AvgIpc) is 2.61. The highest BCUT2D eigenvalue weighted by Crippen LogP contribution is 2.14. The average molecular weight is 237 g/mol. The van der Waals surface area contributed by atoms with E-state index in [-0.39, 0.29) is 12.1 Å². The Morgan fingerprint density at radius 2 is 2.12 bits per heavy atom. The number of aryl methyl sites for hydroxylation is 2. The lowest BCUT2D eigenvalue weighted by molar-refractivity contribution is 0.500. The summed E-state index contributed by atoms with van der Waals surface area (Å²) in [5.41, 5.74) is 1.28. The summed E-state index contributed by atoms with van der Waals surface area (Å²) < 4.78 is 28.0. The fourth-order valence-electron chi connectivity index (χ4n) is 1.52. The number of nitrogens with one attached hydrogen (secondary N) is 1. The molecule has 1 N–H and O–H groups in total. The molecule has 5 heteroatoms. The molecule has 3 nitrogen and oxygen atoms in total. The largest absolute Gasteiger partial charge is 0.364 e. The van der Waals surface area contributed by atoms with E-state index in [0.29, 0.717) is 5.82 Å². The van der Waals surface area contributed by atoms with Gasteiger partial charge in [0.1, 0.15) is 5.82 Å². The molecule has 0 fully saturated rings. The molecule has 0 atom stereocenters. The predicted molar refractivity (Wildman–Crippen MR) is 61.6 cm³/mol. The summed E-state index contributed by atoms with van der Waals surface area (Å²) in [5.74, 6) is -0.997. The van der Waals surface area contributed by atoms with Crippen molar-refractivity contribution in [1.82, 2.24) is 9.78 Å². The third-order valence-corrected chi connectivity index (χ3v) is 2.61. The van der Waals surface area contributed by atoms with Crippen LogP contribution in [0.3, 0.4) is 0 Å². The summed E-state index contributed by atoms with van der Waals surface area (Å²) in [6, 6.07) is 5.97. The second-order valence-electron chi connectivity index (χ2n) is 3.86. The number of rotatable bonds is 3. The van der Waals surface area contributed by atoms with Crippen LogP contribution in [0.5, 0.6) is 0 Å². The van der Waals surface area contributed by atoms with Gasteiger partial charge >= 0.3 is 0 Å². The Morgan fingerprint density at radius 3 is 2.76 bits per heavy atom. The van der Waals surface area contributed by atoms with Crippen molar-refractivity contribution in [3.05, 3.63) is 47.2 Å². The van der Waals surface area contributed by atoms with Crippen LogP contribution >= 0.6 is 0 Å². The molecule has 0 unspecified atom stereocenters. The summed E-state index contributed by atoms with van der Waals surface area (Å²) in [6.45, 7) is 2.13. The van der Waals surface area contributed by atoms with Gasteiger partial charge in [0.25, 0.3) is 0 Å². The highest BCUT2D eigenvalue weighted by Gasteiger charge is 2.08. The Hall–Kier alpha value is -1.91. The number of nitrogens with zero attached hydrogens (tertiary/aromatic N) is 2. The molecule has 1 heterocycles. The first-order chi connectivity index (χ1) is 8.08. The molecule has 0 saturated heterocycles. The van der Waals surface area contributed by atoms with Gasteiger partial charge in [-0.1, -0.05) is 12.1 Å². The second-order valence-corrected chi connectivity index (χ2v) is 3.86. The van der Waals surface area contributed by atoms with Crippen molar-refractivity contribution in [1.29, 1.82) is 0 Å². The Bertz CT molecular complexity index is 515. The lowest BCUT2D eigenvalue weighted by Crippen LogP contribution is -2.04. The summed E-state index contributed by atoms with van der Waals surface area (Å²) in [7, 11) is 1.82. The number of hydrogen-bond donors (Lipinski definition) is 1. The van der Waals surface area contributed by atoms with Gasteiger partial charge in [0.05, 0.1) is 0 Å². The Balaban J connectivity index is 2.10. The third-order valence-electron chi connectivity index (χ3n) is 2.61. The van der Waals surface area contributed by atoms with Crippen molar-refractivity contribution in [2.75, 3.05) is 5.32 Å². The SMILES string of the molecule is Cc1cc(NCc2cccc(F)c2F)nn1C. The zero-order valence-corrected chi connectivity index (χ0v) is 9.67. The van der Waals surface area contributed by atoms with Crippen LogP contribution in [0.4, 0.5) is 14.6 Å². The zero-order valence-electron chi connectivity index (χ0n) is 9.67. The van der Waals surface area contributed by atoms with Gasteiger partial charge < -0.3 is 5.32 Å². The molecule has 0 amide bonds. The summed E-state index contributed by atoms with van der Waals surface area (Å²) in [5, 5.41) is 7.12. The van der Waals surface area contributed by atoms with Gasteiger partial charge in [0, 0.05) is 30.9 Å². The van der Waals surface area contributed by atoms with E-state index in [1.807, 2.05) is 20.0 Å². The highest BCUT2D eigenvalue weighted by molar-refractivity contribution is 5.37. The molecule has 17 heavy (non-hydrogen) atoms. The van der Waals surface area contributed by atoms with Gasteiger partial charge in [-0.15, -0.1) is 0 Å². The highest BCUT2D eigenvalue weighted by atomic mass is 19.2. The van der Waals surface area contributed by atoms with Crippen LogP contribution in [0, 0.1) is 18.6 Å². The number of aromatic nitrogens is 2. The minimum Gasteiger partial charge on any atom is -0.364 e. The fraction of sp³-hybridized carbons (Fsp3) is 0.250. The van der Waals surface area contributed by atoms with Gasteiger partial charge in [-0.05, 0) is 13.0 Å². The lowest BCUT2D eigenvalue weighted by atomic mass is 10.2. The Labute approximate surface area is 98.1 Å². The lowest BCUT2D eigenvalue weighted by Gasteiger charge is -2.04. The minimum atomic E-state index is -0.832. The van der Waals surface area contributed by atoms with E-state index in [1.54, 1.807) is 10.7 Å². The van der Waals surface area contributed by atoms with Gasteiger partial charge in [0.15, 0.2) is 11.6 Å². The molecule has 2 rings (SSSR count). The Morgan fingerprint density at radius 1 is 1.35 bits per heavy atom. The second kappa shape index (κ2) is 4.53. The fourth-order valence-corrected chi connectivity index (χ4v) is 1.52. The number of benzene rings is 1. The molecule has 1 aromatic heterocycles. The van der Waals surface area contributed by atoms with Crippen molar-refractivity contribution in [3.63, 3.8) is 0 Å². The first-order valence-corrected chi connectivity index (χ1v) is 5.25. The first kappa shape index (κ1) is 11.6. The van der Waals surface area contributed by atoms with Crippen LogP contribution in [-0.2, 0) is 13.6 Å². The number of hydrogen-bond acceptors (Lipinski definition) is 2. The van der Waals surface area contributed by atoms with Crippen LogP contribution in [0.1, 0.15) is 11.3 Å². The molecular formula is C12H13F2N3. The van der Waals surface area contributed by atoms with E-state index in [2.05, 4.69) is 10.4 Å². The minimum absolute atomic E-state index is 0.208. The molecule has 0 saturated carbocycles. The van der Waals surface area contributed by atoms with Crippen LogP contribution in [-0.4, -0.2) is 9.78 Å². The molecule has 0 bridgehead atoms. The zero-order chi connectivity index (χ0) is 12.4. The standard InChI is InChI=1S/C12H13F2N3/c1-8-6-11(16-17(8)2)15-7-9-4-3-5-10(13)12(9)14/h3-6H,7H2,1-2H3,(H,15,16). The van der Waals surface area contributed by atoms with E-state index in [9.17, 15) is 8.78 Å². The number of halogens is 2. The molecule has 90 valence electrons. The van der Waals surface area contributed by atoms with E-state index in [0.717, 1.165) is 11.8 Å². The molecular weight excluding hydrogens is 224 g/mol. The van der Waals surface area contributed by atoms with Gasteiger partial charge in [-0.25, -0.2) is 8.78 Å². The van der Waals surface area contributed by atoms with Crippen molar-refractivity contribution in [2.45, 2.75) is 13.5 Å². The van der Waals surface area contributed by atoms with E-state index >= 15 is 0 Å². The van der Waals surface area contributed by atoms with E-state index in [4.69, 9.17) is 0 Å². The third kappa shape index (κ3) is 2.43. The Kier molecular flexibility index (Phi) is 3.08. The maximum absolute atomic E-state index is 13.3. The van der Waals surface area contributed by atoms with E-state index in [1.165, 1.54) is 6.07 Å². The molecule has 0 aliphatic carbocycles. The van der Waals surface area contributed by atoms with Crippen LogP contribution < -0.4 is 5.32 Å². The normalized spacial score (nSPS) is 10.6. The predicted octanol–water partition coefficient (Wildman–Crippen LogP) is 2.62. The molecule has 1 aromatic carbocycles. The first-order valence-electron chi connectivity index (χ1n) is 5.25. The van der Waals surface area contributed by atoms with Crippen LogP contribution in [0.2, 0.25) is 0 Å². The molecule has 0 aliphatic rings. The smallest absolute Gasteiger partial charge is 0.163 e. The van der Waals surface area contributed by atoms with E-state index < -0.39 is 11.6 Å². The maximum Gasteiger partial charge on any atom is 0.163 e. The van der Waals surface area contributed by atoms with Gasteiger partial charge in [-0.3, -0.25) is 4.68 Å². The summed E-state index contributed by atoms with van der Waals surface area (Å²) >= 11 is 0. The monoisotopic (exact) mass is 237 g/mol. The van der Waals surface area contributed by atoms with Crippen molar-refractivity contribution in [2.24, 2.45) is 7.05 Å². The quantitative estimate of drug-likeness (QED) is 0.889. The summed E-state index contributed by atoms with van der Waals surface area (Å²) in [6.07, 6.45) is 0. The van der Waals surface area contributed by atoms with Gasteiger partial charge in [-0.2, -0.15) is 5.10 Å². The molecule has 0 aliphatic heterocycles. The molecule has 0 radical (unpaired) electrons. The van der Waals surface area contributed by atoms with Crippen LogP contribution in [0.25, 0.3) is 0 Å². The molecule has 2 aromatic rings. The maximum atomic E-state index is 13.3. The van der Waals surface area contributed by atoms with Gasteiger partial charge in [0.2, 0.25) is 0 Å². The number of anilines is 1. The van der Waals surface area contributed by atoms with Crippen molar-refractivity contribution in [3.8, 4) is 0 Å². The van der Waals surface area contributed by atoms with Crippen LogP contribution in [0.15, 0.2) is 24.3 Å². The van der Waals surface area contributed by atoms with Crippen molar-refractivity contribution < 1.29 is 8.78 Å².